The molecule has 5 heteroatoms. The number of hydrogen-bond donors (Lipinski definition) is 3. The Morgan fingerprint density at radius 2 is 2.18 bits per heavy atom. The Labute approximate surface area is 134 Å². The van der Waals surface area contributed by atoms with Crippen molar-refractivity contribution in [3.8, 4) is 0 Å². The second-order valence-corrected chi connectivity index (χ2v) is 6.53. The molecule has 1 aromatic heterocycles. The Bertz CT molecular complexity index is 662. The Kier molecular flexibility index (Phi) is 4.69. The van der Waals surface area contributed by atoms with Gasteiger partial charge in [-0.2, -0.15) is 0 Å². The van der Waals surface area contributed by atoms with Crippen LogP contribution in [0.15, 0.2) is 24.4 Å². The number of carbonyl (C=O) groups excluding carboxylic acids is 1. The van der Waals surface area contributed by atoms with Crippen LogP contribution in [-0.4, -0.2) is 28.6 Å². The molecule has 0 saturated heterocycles. The average molecular weight is 321 g/mol. The second-order valence-electron chi connectivity index (χ2n) is 6.10. The summed E-state index contributed by atoms with van der Waals surface area (Å²) in [4.78, 5) is 15.2. The van der Waals surface area contributed by atoms with E-state index in [0.29, 0.717) is 17.5 Å². The molecule has 1 amide bonds. The number of rotatable bonds is 5. The molecule has 0 bridgehead atoms. The number of nitrogens with one attached hydrogen (secondary N) is 2. The van der Waals surface area contributed by atoms with Crippen LogP contribution in [0.1, 0.15) is 31.2 Å². The fraction of sp³-hybridized carbons (Fsp3) is 0.471. The Morgan fingerprint density at radius 1 is 1.41 bits per heavy atom. The molecule has 3 N–H and O–H groups in total. The quantitative estimate of drug-likeness (QED) is 0.793. The van der Waals surface area contributed by atoms with Gasteiger partial charge in [-0.1, -0.05) is 24.4 Å². The highest BCUT2D eigenvalue weighted by Crippen LogP contribution is 2.27. The van der Waals surface area contributed by atoms with Gasteiger partial charge in [0.25, 0.3) is 0 Å². The third kappa shape index (κ3) is 3.45. The number of H-pyrrole nitrogens is 1. The van der Waals surface area contributed by atoms with Crippen LogP contribution in [-0.2, 0) is 11.2 Å². The van der Waals surface area contributed by atoms with Gasteiger partial charge >= 0.3 is 0 Å². The van der Waals surface area contributed by atoms with Gasteiger partial charge in [-0.05, 0) is 42.5 Å². The van der Waals surface area contributed by atoms with E-state index in [9.17, 15) is 9.90 Å². The summed E-state index contributed by atoms with van der Waals surface area (Å²) in [5.74, 6) is 0.269. The highest BCUT2D eigenvalue weighted by molar-refractivity contribution is 6.31. The van der Waals surface area contributed by atoms with E-state index in [1.807, 2.05) is 24.4 Å². The predicted octanol–water partition coefficient (Wildman–Crippen LogP) is 3.03. The van der Waals surface area contributed by atoms with Crippen molar-refractivity contribution >= 4 is 28.4 Å². The number of carbonyl (C=O) groups is 1. The number of halogens is 1. The van der Waals surface area contributed by atoms with Crippen LogP contribution in [0.3, 0.4) is 0 Å². The summed E-state index contributed by atoms with van der Waals surface area (Å²) in [5.41, 5.74) is 1.89. The van der Waals surface area contributed by atoms with Crippen LogP contribution < -0.4 is 5.32 Å². The van der Waals surface area contributed by atoms with E-state index in [0.717, 1.165) is 29.3 Å². The molecule has 1 heterocycles. The number of benzene rings is 1. The molecule has 2 aromatic rings. The predicted molar refractivity (Wildman–Crippen MR) is 88.0 cm³/mol. The Morgan fingerprint density at radius 3 is 2.95 bits per heavy atom. The van der Waals surface area contributed by atoms with Gasteiger partial charge in [-0.3, -0.25) is 4.79 Å². The average Bonchev–Trinajstić information content (AvgIpc) is 3.15. The van der Waals surface area contributed by atoms with Crippen molar-refractivity contribution in [3.63, 3.8) is 0 Å². The van der Waals surface area contributed by atoms with E-state index in [1.54, 1.807) is 0 Å². The Balaban J connectivity index is 1.57. The maximum atomic E-state index is 12.1. The molecule has 4 nitrogen and oxygen atoms in total. The minimum atomic E-state index is -0.427. The molecular weight excluding hydrogens is 300 g/mol. The molecule has 22 heavy (non-hydrogen) atoms. The van der Waals surface area contributed by atoms with Crippen molar-refractivity contribution in [2.24, 2.45) is 5.92 Å². The first-order chi connectivity index (χ1) is 10.6. The zero-order chi connectivity index (χ0) is 15.5. The van der Waals surface area contributed by atoms with Crippen molar-refractivity contribution < 1.29 is 9.90 Å². The Hall–Kier alpha value is -1.52. The first kappa shape index (κ1) is 15.4. The maximum absolute atomic E-state index is 12.1. The van der Waals surface area contributed by atoms with Crippen LogP contribution in [0.2, 0.25) is 5.02 Å². The van der Waals surface area contributed by atoms with Gasteiger partial charge in [0.15, 0.2) is 0 Å². The molecule has 3 rings (SSSR count). The summed E-state index contributed by atoms with van der Waals surface area (Å²) in [7, 11) is 0. The van der Waals surface area contributed by atoms with E-state index < -0.39 is 6.10 Å². The van der Waals surface area contributed by atoms with Crippen molar-refractivity contribution in [1.82, 2.24) is 10.3 Å². The fourth-order valence-electron chi connectivity index (χ4n) is 3.26. The standard InChI is InChI=1S/C17H21ClN2O2/c18-13-5-6-15-14(8-13)12(9-19-15)7-17(22)20-10-16(21)11-3-1-2-4-11/h5-6,8-9,11,16,19,21H,1-4,7,10H2,(H,20,22). The van der Waals surface area contributed by atoms with Crippen molar-refractivity contribution in [2.45, 2.75) is 38.2 Å². The SMILES string of the molecule is O=C(Cc1c[nH]c2ccc(Cl)cc12)NCC(O)C1CCCC1. The molecule has 1 saturated carbocycles. The normalized spacial score (nSPS) is 17.0. The summed E-state index contributed by atoms with van der Waals surface area (Å²) in [6.07, 6.45) is 6.21. The second kappa shape index (κ2) is 6.71. The first-order valence-corrected chi connectivity index (χ1v) is 8.21. The summed E-state index contributed by atoms with van der Waals surface area (Å²) in [6, 6.07) is 5.59. The topological polar surface area (TPSA) is 65.1 Å². The molecule has 1 atom stereocenters. The van der Waals surface area contributed by atoms with Crippen LogP contribution in [0.4, 0.5) is 0 Å². The molecule has 0 radical (unpaired) electrons. The third-order valence-corrected chi connectivity index (χ3v) is 4.77. The van der Waals surface area contributed by atoms with Crippen molar-refractivity contribution in [2.75, 3.05) is 6.54 Å². The van der Waals surface area contributed by atoms with E-state index >= 15 is 0 Å². The summed E-state index contributed by atoms with van der Waals surface area (Å²) in [5, 5.41) is 14.6. The molecule has 1 unspecified atom stereocenters. The van der Waals surface area contributed by atoms with E-state index in [2.05, 4.69) is 10.3 Å². The van der Waals surface area contributed by atoms with E-state index in [-0.39, 0.29) is 12.3 Å². The minimum Gasteiger partial charge on any atom is -0.391 e. The van der Waals surface area contributed by atoms with Crippen LogP contribution >= 0.6 is 11.6 Å². The molecule has 118 valence electrons. The monoisotopic (exact) mass is 320 g/mol. The number of aliphatic hydroxyl groups is 1. The number of aromatic amines is 1. The lowest BCUT2D eigenvalue weighted by Crippen LogP contribution is -2.36. The highest BCUT2D eigenvalue weighted by Gasteiger charge is 2.23. The van der Waals surface area contributed by atoms with E-state index in [4.69, 9.17) is 11.6 Å². The number of amides is 1. The van der Waals surface area contributed by atoms with Gasteiger partial charge < -0.3 is 15.4 Å². The maximum Gasteiger partial charge on any atom is 0.224 e. The van der Waals surface area contributed by atoms with Crippen molar-refractivity contribution in [3.05, 3.63) is 35.0 Å². The smallest absolute Gasteiger partial charge is 0.224 e. The summed E-state index contributed by atoms with van der Waals surface area (Å²) < 4.78 is 0. The van der Waals surface area contributed by atoms with Gasteiger partial charge in [0.1, 0.15) is 0 Å². The summed E-state index contributed by atoms with van der Waals surface area (Å²) >= 11 is 6.01. The van der Waals surface area contributed by atoms with Gasteiger partial charge in [0.2, 0.25) is 5.91 Å². The molecular formula is C17H21ClN2O2. The highest BCUT2D eigenvalue weighted by atomic mass is 35.5. The molecule has 1 aliphatic rings. The zero-order valence-electron chi connectivity index (χ0n) is 12.4. The first-order valence-electron chi connectivity index (χ1n) is 7.84. The number of hydrogen-bond acceptors (Lipinski definition) is 2. The fourth-order valence-corrected chi connectivity index (χ4v) is 3.43. The lowest BCUT2D eigenvalue weighted by molar-refractivity contribution is -0.121. The molecule has 1 fully saturated rings. The molecule has 1 aromatic carbocycles. The molecule has 1 aliphatic carbocycles. The van der Waals surface area contributed by atoms with Gasteiger partial charge in [-0.15, -0.1) is 0 Å². The summed E-state index contributed by atoms with van der Waals surface area (Å²) in [6.45, 7) is 0.340. The van der Waals surface area contributed by atoms with Gasteiger partial charge in [-0.25, -0.2) is 0 Å². The largest absolute Gasteiger partial charge is 0.391 e. The zero-order valence-corrected chi connectivity index (χ0v) is 13.2. The van der Waals surface area contributed by atoms with Gasteiger partial charge in [0.05, 0.1) is 12.5 Å². The lowest BCUT2D eigenvalue weighted by atomic mass is 10.0. The minimum absolute atomic E-state index is 0.0714. The number of aliphatic hydroxyl groups excluding tert-OH is 1. The molecule has 0 aliphatic heterocycles. The van der Waals surface area contributed by atoms with Crippen LogP contribution in [0.5, 0.6) is 0 Å². The molecule has 0 spiro atoms. The number of fused-ring (bicyclic) bond motifs is 1. The van der Waals surface area contributed by atoms with Crippen LogP contribution in [0.25, 0.3) is 10.9 Å². The van der Waals surface area contributed by atoms with E-state index in [1.165, 1.54) is 12.8 Å². The van der Waals surface area contributed by atoms with Crippen LogP contribution in [0, 0.1) is 5.92 Å². The lowest BCUT2D eigenvalue weighted by Gasteiger charge is -2.18. The van der Waals surface area contributed by atoms with Gasteiger partial charge in [0, 0.05) is 28.7 Å². The third-order valence-electron chi connectivity index (χ3n) is 4.53. The number of aromatic nitrogens is 1. The van der Waals surface area contributed by atoms with Crippen molar-refractivity contribution in [1.29, 1.82) is 0 Å².